The van der Waals surface area contributed by atoms with Crippen LogP contribution >= 0.6 is 0 Å². The first-order chi connectivity index (χ1) is 10.6. The van der Waals surface area contributed by atoms with Gasteiger partial charge in [-0.15, -0.1) is 0 Å². The molecule has 0 fully saturated rings. The fourth-order valence-electron chi connectivity index (χ4n) is 1.79. The van der Waals surface area contributed by atoms with E-state index in [4.69, 9.17) is 4.42 Å². The SMILES string of the molecule is Cn1c(=O)oc2ccc(S(=O)(=O)NCCOCC(F)(F)F)cc21. The topological polar surface area (TPSA) is 90.5 Å². The van der Waals surface area contributed by atoms with Crippen LogP contribution in [0.15, 0.2) is 32.3 Å². The fraction of sp³-hybridized carbons (Fsp3) is 0.417. The van der Waals surface area contributed by atoms with Crippen LogP contribution < -0.4 is 10.5 Å². The Kier molecular flexibility index (Phi) is 4.82. The summed E-state index contributed by atoms with van der Waals surface area (Å²) in [5, 5.41) is 0. The van der Waals surface area contributed by atoms with Crippen LogP contribution in [0.3, 0.4) is 0 Å². The van der Waals surface area contributed by atoms with Crippen LogP contribution in [0.25, 0.3) is 11.1 Å². The number of rotatable bonds is 6. The molecule has 0 spiro atoms. The van der Waals surface area contributed by atoms with Crippen molar-refractivity contribution in [2.75, 3.05) is 19.8 Å². The molecule has 2 aromatic rings. The number of sulfonamides is 1. The van der Waals surface area contributed by atoms with Gasteiger partial charge in [-0.2, -0.15) is 13.2 Å². The van der Waals surface area contributed by atoms with E-state index in [-0.39, 0.29) is 22.5 Å². The lowest BCUT2D eigenvalue weighted by Crippen LogP contribution is -2.29. The van der Waals surface area contributed by atoms with Gasteiger partial charge >= 0.3 is 11.9 Å². The third-order valence-corrected chi connectivity index (χ3v) is 4.34. The van der Waals surface area contributed by atoms with E-state index in [1.54, 1.807) is 0 Å². The Bertz CT molecular complexity index is 854. The van der Waals surface area contributed by atoms with E-state index in [9.17, 15) is 26.4 Å². The normalized spacial score (nSPS) is 12.9. The van der Waals surface area contributed by atoms with E-state index in [2.05, 4.69) is 9.46 Å². The minimum Gasteiger partial charge on any atom is -0.408 e. The standard InChI is InChI=1S/C12H13F3N2O5S/c1-17-9-6-8(2-3-10(9)22-11(17)18)23(19,20)16-4-5-21-7-12(13,14)15/h2-3,6,16H,4-5,7H2,1H3. The van der Waals surface area contributed by atoms with E-state index in [0.29, 0.717) is 0 Å². The molecule has 0 atom stereocenters. The number of halogens is 3. The summed E-state index contributed by atoms with van der Waals surface area (Å²) >= 11 is 0. The molecule has 1 N–H and O–H groups in total. The van der Waals surface area contributed by atoms with Crippen molar-refractivity contribution in [3.63, 3.8) is 0 Å². The Balaban J connectivity index is 2.05. The lowest BCUT2D eigenvalue weighted by atomic mass is 10.3. The summed E-state index contributed by atoms with van der Waals surface area (Å²) < 4.78 is 72.1. The van der Waals surface area contributed by atoms with Gasteiger partial charge in [-0.3, -0.25) is 4.57 Å². The molecule has 0 unspecified atom stereocenters. The largest absolute Gasteiger partial charge is 0.419 e. The molecule has 0 amide bonds. The molecule has 1 heterocycles. The van der Waals surface area contributed by atoms with Crippen LogP contribution in [-0.2, 0) is 21.8 Å². The molecule has 11 heteroatoms. The van der Waals surface area contributed by atoms with E-state index < -0.39 is 35.2 Å². The highest BCUT2D eigenvalue weighted by molar-refractivity contribution is 7.89. The summed E-state index contributed by atoms with van der Waals surface area (Å²) in [5.74, 6) is -0.636. The van der Waals surface area contributed by atoms with E-state index in [1.807, 2.05) is 0 Å². The first-order valence-corrected chi connectivity index (χ1v) is 7.82. The summed E-state index contributed by atoms with van der Waals surface area (Å²) in [5.41, 5.74) is 0.510. The van der Waals surface area contributed by atoms with Gasteiger partial charge in [-0.05, 0) is 18.2 Å². The third kappa shape index (κ3) is 4.33. The van der Waals surface area contributed by atoms with Crippen molar-refractivity contribution in [2.45, 2.75) is 11.1 Å². The number of nitrogens with zero attached hydrogens (tertiary/aromatic N) is 1. The number of aryl methyl sites for hydroxylation is 1. The zero-order valence-corrected chi connectivity index (χ0v) is 12.7. The first-order valence-electron chi connectivity index (χ1n) is 6.34. The maximum Gasteiger partial charge on any atom is 0.419 e. The Morgan fingerprint density at radius 3 is 2.70 bits per heavy atom. The maximum atomic E-state index is 12.0. The average Bonchev–Trinajstić information content (AvgIpc) is 2.72. The molecule has 0 bridgehead atoms. The minimum absolute atomic E-state index is 0.141. The smallest absolute Gasteiger partial charge is 0.408 e. The molecule has 0 saturated heterocycles. The first kappa shape index (κ1) is 17.5. The summed E-state index contributed by atoms with van der Waals surface area (Å²) in [7, 11) is -2.52. The summed E-state index contributed by atoms with van der Waals surface area (Å²) in [6.45, 7) is -2.19. The van der Waals surface area contributed by atoms with Crippen LogP contribution in [0.5, 0.6) is 0 Å². The molecule has 128 valence electrons. The van der Waals surface area contributed by atoms with Gasteiger partial charge < -0.3 is 9.15 Å². The van der Waals surface area contributed by atoms with Crippen molar-refractivity contribution in [3.05, 3.63) is 28.7 Å². The van der Waals surface area contributed by atoms with Crippen LogP contribution in [0.4, 0.5) is 13.2 Å². The lowest BCUT2D eigenvalue weighted by molar-refractivity contribution is -0.173. The van der Waals surface area contributed by atoms with E-state index in [0.717, 1.165) is 4.57 Å². The summed E-state index contributed by atoms with van der Waals surface area (Å²) in [4.78, 5) is 11.2. The molecule has 0 aliphatic rings. The van der Waals surface area contributed by atoms with Crippen molar-refractivity contribution < 1.29 is 30.7 Å². The second-order valence-corrected chi connectivity index (χ2v) is 6.39. The van der Waals surface area contributed by atoms with Gasteiger partial charge in [0.2, 0.25) is 10.0 Å². The van der Waals surface area contributed by atoms with Crippen molar-refractivity contribution in [3.8, 4) is 0 Å². The Morgan fingerprint density at radius 1 is 1.35 bits per heavy atom. The summed E-state index contributed by atoms with van der Waals surface area (Å²) in [6, 6.07) is 3.79. The quantitative estimate of drug-likeness (QED) is 0.782. The van der Waals surface area contributed by atoms with Gasteiger partial charge in [-0.1, -0.05) is 0 Å². The van der Waals surface area contributed by atoms with Crippen LogP contribution in [0.1, 0.15) is 0 Å². The zero-order valence-electron chi connectivity index (χ0n) is 11.9. The molecule has 0 aliphatic carbocycles. The van der Waals surface area contributed by atoms with Crippen molar-refractivity contribution in [2.24, 2.45) is 7.05 Å². The second-order valence-electron chi connectivity index (χ2n) is 4.62. The van der Waals surface area contributed by atoms with Gasteiger partial charge in [0.05, 0.1) is 17.0 Å². The van der Waals surface area contributed by atoms with Crippen LogP contribution in [0, 0.1) is 0 Å². The highest BCUT2D eigenvalue weighted by Gasteiger charge is 2.27. The monoisotopic (exact) mass is 354 g/mol. The number of oxazole rings is 1. The Morgan fingerprint density at radius 2 is 2.04 bits per heavy atom. The molecule has 0 saturated carbocycles. The third-order valence-electron chi connectivity index (χ3n) is 2.88. The van der Waals surface area contributed by atoms with Crippen molar-refractivity contribution >= 4 is 21.1 Å². The number of nitrogens with one attached hydrogen (secondary N) is 1. The van der Waals surface area contributed by atoms with Crippen molar-refractivity contribution in [1.82, 2.24) is 9.29 Å². The molecule has 23 heavy (non-hydrogen) atoms. The van der Waals surface area contributed by atoms with Crippen LogP contribution in [0.2, 0.25) is 0 Å². The number of benzene rings is 1. The van der Waals surface area contributed by atoms with Gasteiger partial charge in [0.25, 0.3) is 0 Å². The van der Waals surface area contributed by atoms with Gasteiger partial charge in [-0.25, -0.2) is 17.9 Å². The minimum atomic E-state index is -4.46. The number of hydrogen-bond acceptors (Lipinski definition) is 5. The molecule has 1 aromatic heterocycles. The van der Waals surface area contributed by atoms with Crippen molar-refractivity contribution in [1.29, 1.82) is 0 Å². The molecule has 0 aliphatic heterocycles. The van der Waals surface area contributed by atoms with Gasteiger partial charge in [0.15, 0.2) is 5.58 Å². The second kappa shape index (κ2) is 6.34. The molecule has 7 nitrogen and oxygen atoms in total. The number of hydrogen-bond donors (Lipinski definition) is 1. The highest BCUT2D eigenvalue weighted by Crippen LogP contribution is 2.18. The van der Waals surface area contributed by atoms with E-state index in [1.165, 1.54) is 25.2 Å². The van der Waals surface area contributed by atoms with Gasteiger partial charge in [0.1, 0.15) is 6.61 Å². The number of fused-ring (bicyclic) bond motifs is 1. The highest BCUT2D eigenvalue weighted by atomic mass is 32.2. The predicted octanol–water partition coefficient (Wildman–Crippen LogP) is 0.989. The van der Waals surface area contributed by atoms with Gasteiger partial charge in [0, 0.05) is 13.6 Å². The molecular formula is C12H13F3N2O5S. The number of aromatic nitrogens is 1. The zero-order chi connectivity index (χ0) is 17.3. The molecular weight excluding hydrogens is 341 g/mol. The Labute approximate surface area is 128 Å². The predicted molar refractivity (Wildman–Crippen MR) is 73.5 cm³/mol. The summed E-state index contributed by atoms with van der Waals surface area (Å²) in [6.07, 6.45) is -4.46. The molecule has 1 aromatic carbocycles. The fourth-order valence-corrected chi connectivity index (χ4v) is 2.83. The van der Waals surface area contributed by atoms with E-state index >= 15 is 0 Å². The molecule has 0 radical (unpaired) electrons. The average molecular weight is 354 g/mol. The number of ether oxygens (including phenoxy) is 1. The molecule has 2 rings (SSSR count). The lowest BCUT2D eigenvalue weighted by Gasteiger charge is -2.09. The van der Waals surface area contributed by atoms with Crippen LogP contribution in [-0.4, -0.2) is 38.9 Å². The maximum absolute atomic E-state index is 12.0. The number of alkyl halides is 3. The Hall–Kier alpha value is -1.85.